The highest BCUT2D eigenvalue weighted by Crippen LogP contribution is 2.13. The van der Waals surface area contributed by atoms with Crippen LogP contribution in [-0.4, -0.2) is 5.97 Å². The van der Waals surface area contributed by atoms with Gasteiger partial charge in [-0.1, -0.05) is 50.3 Å². The van der Waals surface area contributed by atoms with E-state index in [1.165, 1.54) is 24.8 Å². The van der Waals surface area contributed by atoms with E-state index < -0.39 is 0 Å². The minimum Gasteiger partial charge on any atom is -0.427 e. The van der Waals surface area contributed by atoms with Crippen LogP contribution in [0.3, 0.4) is 0 Å². The number of unbranched alkanes of at least 4 members (excludes halogenated alkanes) is 4. The van der Waals surface area contributed by atoms with Crippen molar-refractivity contribution in [1.82, 2.24) is 0 Å². The summed E-state index contributed by atoms with van der Waals surface area (Å²) >= 11 is 0. The molecule has 0 radical (unpaired) electrons. The van der Waals surface area contributed by atoms with Gasteiger partial charge in [0.15, 0.2) is 0 Å². The van der Waals surface area contributed by atoms with Crippen LogP contribution < -0.4 is 4.74 Å². The van der Waals surface area contributed by atoms with Gasteiger partial charge in [-0.3, -0.25) is 4.79 Å². The Morgan fingerprint density at radius 3 is 2.35 bits per heavy atom. The fourth-order valence-electron chi connectivity index (χ4n) is 1.66. The van der Waals surface area contributed by atoms with E-state index in [1.807, 2.05) is 31.2 Å². The number of ether oxygens (including phenoxy) is 1. The van der Waals surface area contributed by atoms with Gasteiger partial charge in [0.2, 0.25) is 0 Å². The lowest BCUT2D eigenvalue weighted by atomic mass is 10.1. The SMILES string of the molecule is CCCCCCCC(=O)Oc1ccc(C)cc1. The Bertz CT molecular complexity index is 327. The molecule has 2 nitrogen and oxygen atoms in total. The molecule has 0 fully saturated rings. The van der Waals surface area contributed by atoms with Crippen molar-refractivity contribution in [2.45, 2.75) is 52.4 Å². The average Bonchev–Trinajstić information content (AvgIpc) is 2.32. The normalized spacial score (nSPS) is 10.2. The molecule has 0 amide bonds. The van der Waals surface area contributed by atoms with E-state index in [0.29, 0.717) is 12.2 Å². The van der Waals surface area contributed by atoms with Gasteiger partial charge in [-0.25, -0.2) is 0 Å². The summed E-state index contributed by atoms with van der Waals surface area (Å²) in [5, 5.41) is 0. The zero-order valence-corrected chi connectivity index (χ0v) is 10.9. The number of aryl methyl sites for hydroxylation is 1. The number of carbonyl (C=O) groups is 1. The van der Waals surface area contributed by atoms with E-state index in [-0.39, 0.29) is 5.97 Å². The van der Waals surface area contributed by atoms with Crippen LogP contribution in [0.1, 0.15) is 51.0 Å². The van der Waals surface area contributed by atoms with Crippen LogP contribution in [-0.2, 0) is 4.79 Å². The molecule has 0 atom stereocenters. The van der Waals surface area contributed by atoms with Gasteiger partial charge in [-0.05, 0) is 25.5 Å². The molecule has 0 bridgehead atoms. The van der Waals surface area contributed by atoms with Crippen LogP contribution in [0.4, 0.5) is 0 Å². The smallest absolute Gasteiger partial charge is 0.311 e. The average molecular weight is 234 g/mol. The fraction of sp³-hybridized carbons (Fsp3) is 0.533. The first-order chi connectivity index (χ1) is 8.22. The van der Waals surface area contributed by atoms with Crippen LogP contribution in [0.5, 0.6) is 5.75 Å². The molecule has 2 heteroatoms. The summed E-state index contributed by atoms with van der Waals surface area (Å²) in [6.07, 6.45) is 6.29. The highest BCUT2D eigenvalue weighted by molar-refractivity contribution is 5.72. The van der Waals surface area contributed by atoms with Gasteiger partial charge in [0.05, 0.1) is 0 Å². The standard InChI is InChI=1S/C15H22O2/c1-3-4-5-6-7-8-15(16)17-14-11-9-13(2)10-12-14/h9-12H,3-8H2,1-2H3. The van der Waals surface area contributed by atoms with Crippen molar-refractivity contribution in [1.29, 1.82) is 0 Å². The number of rotatable bonds is 7. The van der Waals surface area contributed by atoms with Crippen molar-refractivity contribution in [3.63, 3.8) is 0 Å². The Kier molecular flexibility index (Phi) is 6.38. The molecule has 0 aliphatic carbocycles. The van der Waals surface area contributed by atoms with Crippen molar-refractivity contribution in [2.75, 3.05) is 0 Å². The van der Waals surface area contributed by atoms with Gasteiger partial charge in [0.25, 0.3) is 0 Å². The van der Waals surface area contributed by atoms with Crippen LogP contribution in [0.2, 0.25) is 0 Å². The predicted octanol–water partition coefficient (Wildman–Crippen LogP) is 4.26. The van der Waals surface area contributed by atoms with E-state index in [1.54, 1.807) is 0 Å². The Balaban J connectivity index is 2.18. The predicted molar refractivity (Wildman–Crippen MR) is 70.2 cm³/mol. The van der Waals surface area contributed by atoms with Gasteiger partial charge in [-0.15, -0.1) is 0 Å². The maximum absolute atomic E-state index is 11.5. The first-order valence-electron chi connectivity index (χ1n) is 6.49. The molecule has 94 valence electrons. The monoisotopic (exact) mass is 234 g/mol. The van der Waals surface area contributed by atoms with Crippen LogP contribution in [0.15, 0.2) is 24.3 Å². The van der Waals surface area contributed by atoms with Crippen LogP contribution >= 0.6 is 0 Å². The first kappa shape index (κ1) is 13.8. The van der Waals surface area contributed by atoms with E-state index in [0.717, 1.165) is 12.8 Å². The van der Waals surface area contributed by atoms with Crippen molar-refractivity contribution in [3.8, 4) is 5.75 Å². The maximum Gasteiger partial charge on any atom is 0.311 e. The quantitative estimate of drug-likeness (QED) is 0.400. The Labute approximate surface area is 104 Å². The summed E-state index contributed by atoms with van der Waals surface area (Å²) in [4.78, 5) is 11.5. The van der Waals surface area contributed by atoms with Gasteiger partial charge in [-0.2, -0.15) is 0 Å². The molecule has 0 aliphatic heterocycles. The second-order valence-corrected chi connectivity index (χ2v) is 4.45. The van der Waals surface area contributed by atoms with Gasteiger partial charge >= 0.3 is 5.97 Å². The second-order valence-electron chi connectivity index (χ2n) is 4.45. The van der Waals surface area contributed by atoms with E-state index >= 15 is 0 Å². The summed E-state index contributed by atoms with van der Waals surface area (Å²) in [6.45, 7) is 4.20. The Morgan fingerprint density at radius 1 is 1.06 bits per heavy atom. The maximum atomic E-state index is 11.5. The molecule has 0 saturated carbocycles. The van der Waals surface area contributed by atoms with E-state index in [2.05, 4.69) is 6.92 Å². The number of esters is 1. The van der Waals surface area contributed by atoms with Crippen molar-refractivity contribution in [2.24, 2.45) is 0 Å². The lowest BCUT2D eigenvalue weighted by Gasteiger charge is -2.04. The molecule has 1 aromatic carbocycles. The molecular formula is C15H22O2. The minimum absolute atomic E-state index is 0.120. The minimum atomic E-state index is -0.120. The molecule has 0 heterocycles. The zero-order valence-electron chi connectivity index (χ0n) is 10.9. The van der Waals surface area contributed by atoms with Gasteiger partial charge < -0.3 is 4.74 Å². The number of carbonyl (C=O) groups excluding carboxylic acids is 1. The summed E-state index contributed by atoms with van der Waals surface area (Å²) < 4.78 is 5.24. The van der Waals surface area contributed by atoms with Crippen molar-refractivity contribution in [3.05, 3.63) is 29.8 Å². The van der Waals surface area contributed by atoms with Crippen molar-refractivity contribution < 1.29 is 9.53 Å². The molecule has 0 spiro atoms. The van der Waals surface area contributed by atoms with Crippen LogP contribution in [0, 0.1) is 6.92 Å². The van der Waals surface area contributed by atoms with E-state index in [4.69, 9.17) is 4.74 Å². The van der Waals surface area contributed by atoms with Gasteiger partial charge in [0.1, 0.15) is 5.75 Å². The molecule has 0 aliphatic rings. The molecular weight excluding hydrogens is 212 g/mol. The summed E-state index contributed by atoms with van der Waals surface area (Å²) in [6, 6.07) is 7.57. The molecule has 0 saturated heterocycles. The molecule has 1 rings (SSSR count). The third kappa shape index (κ3) is 6.10. The highest BCUT2D eigenvalue weighted by atomic mass is 16.5. The van der Waals surface area contributed by atoms with Crippen LogP contribution in [0.25, 0.3) is 0 Å². The van der Waals surface area contributed by atoms with Crippen molar-refractivity contribution >= 4 is 5.97 Å². The topological polar surface area (TPSA) is 26.3 Å². The van der Waals surface area contributed by atoms with E-state index in [9.17, 15) is 4.79 Å². The molecule has 0 aromatic heterocycles. The summed E-state index contributed by atoms with van der Waals surface area (Å²) in [5.74, 6) is 0.527. The highest BCUT2D eigenvalue weighted by Gasteiger charge is 2.04. The Morgan fingerprint density at radius 2 is 1.71 bits per heavy atom. The zero-order chi connectivity index (χ0) is 12.5. The lowest BCUT2D eigenvalue weighted by Crippen LogP contribution is -2.07. The summed E-state index contributed by atoms with van der Waals surface area (Å²) in [7, 11) is 0. The third-order valence-electron chi connectivity index (χ3n) is 2.74. The first-order valence-corrected chi connectivity index (χ1v) is 6.49. The van der Waals surface area contributed by atoms with Gasteiger partial charge in [0, 0.05) is 6.42 Å². The molecule has 0 unspecified atom stereocenters. The molecule has 0 N–H and O–H groups in total. The number of hydrogen-bond donors (Lipinski definition) is 0. The fourth-order valence-corrected chi connectivity index (χ4v) is 1.66. The third-order valence-corrected chi connectivity index (χ3v) is 2.74. The summed E-state index contributed by atoms with van der Waals surface area (Å²) in [5.41, 5.74) is 1.17. The number of benzene rings is 1. The number of hydrogen-bond acceptors (Lipinski definition) is 2. The molecule has 17 heavy (non-hydrogen) atoms. The largest absolute Gasteiger partial charge is 0.427 e. The second kappa shape index (κ2) is 7.88. The molecule has 1 aromatic rings. The lowest BCUT2D eigenvalue weighted by molar-refractivity contribution is -0.134. The Hall–Kier alpha value is -1.31.